The van der Waals surface area contributed by atoms with E-state index in [0.29, 0.717) is 23.7 Å². The highest BCUT2D eigenvalue weighted by Gasteiger charge is 2.14. The zero-order valence-corrected chi connectivity index (χ0v) is 17.1. The van der Waals surface area contributed by atoms with Crippen LogP contribution in [-0.4, -0.2) is 30.2 Å². The van der Waals surface area contributed by atoms with Crippen molar-refractivity contribution >= 4 is 33.3 Å². The van der Waals surface area contributed by atoms with Crippen LogP contribution in [0.3, 0.4) is 0 Å². The highest BCUT2D eigenvalue weighted by atomic mass is 32.1. The van der Waals surface area contributed by atoms with Gasteiger partial charge in [0.15, 0.2) is 0 Å². The number of anilines is 1. The number of halogens is 1. The van der Waals surface area contributed by atoms with Gasteiger partial charge >= 0.3 is 5.97 Å². The minimum Gasteiger partial charge on any atom is -0.496 e. The first-order chi connectivity index (χ1) is 14.6. The molecule has 1 N–H and O–H groups in total. The van der Waals surface area contributed by atoms with Crippen molar-refractivity contribution in [1.82, 2.24) is 9.97 Å². The van der Waals surface area contributed by atoms with Crippen molar-refractivity contribution in [3.8, 4) is 16.2 Å². The normalized spacial score (nSPS) is 10.8. The molecule has 0 bridgehead atoms. The van der Waals surface area contributed by atoms with Crippen molar-refractivity contribution < 1.29 is 18.7 Å². The zero-order valence-electron chi connectivity index (χ0n) is 16.3. The smallest absolute Gasteiger partial charge is 0.341 e. The summed E-state index contributed by atoms with van der Waals surface area (Å²) in [6.07, 6.45) is 1.50. The van der Waals surface area contributed by atoms with Gasteiger partial charge in [-0.3, -0.25) is 0 Å². The number of hydrogen-bond donors (Lipinski definition) is 1. The van der Waals surface area contributed by atoms with Gasteiger partial charge in [0.2, 0.25) is 0 Å². The fourth-order valence-electron chi connectivity index (χ4n) is 3.06. The number of fused-ring (bicyclic) bond motifs is 1. The highest BCUT2D eigenvalue weighted by molar-refractivity contribution is 7.22. The Bertz CT molecular complexity index is 1210. The van der Waals surface area contributed by atoms with Gasteiger partial charge < -0.3 is 14.8 Å². The molecule has 2 aromatic heterocycles. The number of hydrogen-bond acceptors (Lipinski definition) is 7. The molecule has 4 rings (SSSR count). The lowest BCUT2D eigenvalue weighted by Crippen LogP contribution is -2.07. The van der Waals surface area contributed by atoms with Crippen molar-refractivity contribution in [2.45, 2.75) is 6.54 Å². The van der Waals surface area contributed by atoms with Crippen LogP contribution in [0.4, 0.5) is 10.2 Å². The zero-order chi connectivity index (χ0) is 21.1. The summed E-state index contributed by atoms with van der Waals surface area (Å²) in [5.41, 5.74) is 2.96. The maximum atomic E-state index is 13.2. The van der Waals surface area contributed by atoms with Gasteiger partial charge in [-0.05, 0) is 41.5 Å². The fraction of sp³-hybridized carbons (Fsp3) is 0.136. The van der Waals surface area contributed by atoms with Crippen LogP contribution in [0.2, 0.25) is 0 Å². The second-order valence-corrected chi connectivity index (χ2v) is 7.49. The molecule has 2 aromatic carbocycles. The Hall–Kier alpha value is -3.52. The summed E-state index contributed by atoms with van der Waals surface area (Å²) in [6.45, 7) is 0.448. The van der Waals surface area contributed by atoms with Crippen LogP contribution in [0, 0.1) is 5.82 Å². The summed E-state index contributed by atoms with van der Waals surface area (Å²) in [4.78, 5) is 21.7. The van der Waals surface area contributed by atoms with E-state index in [4.69, 9.17) is 9.47 Å². The van der Waals surface area contributed by atoms with Crippen molar-refractivity contribution in [3.63, 3.8) is 0 Å². The predicted octanol–water partition coefficient (Wildman–Crippen LogP) is 4.90. The van der Waals surface area contributed by atoms with Crippen LogP contribution in [-0.2, 0) is 11.3 Å². The van der Waals surface area contributed by atoms with E-state index in [0.717, 1.165) is 26.2 Å². The fourth-order valence-corrected chi connectivity index (χ4v) is 4.14. The van der Waals surface area contributed by atoms with E-state index < -0.39 is 5.97 Å². The number of thiophene rings is 1. The molecule has 0 radical (unpaired) electrons. The van der Waals surface area contributed by atoms with Crippen molar-refractivity contribution in [1.29, 1.82) is 0 Å². The summed E-state index contributed by atoms with van der Waals surface area (Å²) in [6, 6.07) is 13.7. The molecule has 30 heavy (non-hydrogen) atoms. The van der Waals surface area contributed by atoms with Crippen LogP contribution in [0.5, 0.6) is 5.75 Å². The maximum Gasteiger partial charge on any atom is 0.341 e. The molecule has 8 heteroatoms. The number of esters is 1. The number of nitrogens with one attached hydrogen (secondary N) is 1. The molecule has 0 spiro atoms. The van der Waals surface area contributed by atoms with Crippen LogP contribution < -0.4 is 10.1 Å². The first kappa shape index (κ1) is 19.8. The number of carbonyl (C=O) groups is 1. The van der Waals surface area contributed by atoms with E-state index in [2.05, 4.69) is 15.3 Å². The molecule has 4 aromatic rings. The van der Waals surface area contributed by atoms with E-state index in [9.17, 15) is 9.18 Å². The number of rotatable bonds is 6. The minimum atomic E-state index is -0.458. The first-order valence-corrected chi connectivity index (χ1v) is 9.90. The van der Waals surface area contributed by atoms with E-state index in [1.165, 1.54) is 44.0 Å². The van der Waals surface area contributed by atoms with Crippen LogP contribution in [0.1, 0.15) is 15.9 Å². The van der Waals surface area contributed by atoms with Gasteiger partial charge in [-0.2, -0.15) is 0 Å². The van der Waals surface area contributed by atoms with Crippen molar-refractivity contribution in [3.05, 3.63) is 71.8 Å². The van der Waals surface area contributed by atoms with Gasteiger partial charge in [-0.25, -0.2) is 19.2 Å². The minimum absolute atomic E-state index is 0.271. The monoisotopic (exact) mass is 423 g/mol. The Labute approximate surface area is 176 Å². The Morgan fingerprint density at radius 1 is 1.10 bits per heavy atom. The molecule has 0 aliphatic heterocycles. The van der Waals surface area contributed by atoms with Crippen LogP contribution in [0.25, 0.3) is 20.7 Å². The lowest BCUT2D eigenvalue weighted by molar-refractivity contribution is 0.0597. The Kier molecular flexibility index (Phi) is 5.58. The average molecular weight is 423 g/mol. The van der Waals surface area contributed by atoms with Gasteiger partial charge in [0.25, 0.3) is 0 Å². The SMILES string of the molecule is COC(=O)c1cc(CNc2ncnc3cc(-c4ccc(F)cc4)sc23)ccc1OC. The van der Waals surface area contributed by atoms with Crippen molar-refractivity contribution in [2.75, 3.05) is 19.5 Å². The molecule has 0 atom stereocenters. The quantitative estimate of drug-likeness (QED) is 0.445. The second-order valence-electron chi connectivity index (χ2n) is 6.43. The van der Waals surface area contributed by atoms with Crippen LogP contribution in [0.15, 0.2) is 54.9 Å². The number of methoxy groups -OCH3 is 2. The second kappa shape index (κ2) is 8.46. The van der Waals surface area contributed by atoms with E-state index in [-0.39, 0.29) is 5.82 Å². The highest BCUT2D eigenvalue weighted by Crippen LogP contribution is 2.35. The third-order valence-electron chi connectivity index (χ3n) is 4.57. The molecule has 6 nitrogen and oxygen atoms in total. The molecule has 2 heterocycles. The van der Waals surface area contributed by atoms with Crippen LogP contribution >= 0.6 is 11.3 Å². The molecule has 0 saturated carbocycles. The van der Waals surface area contributed by atoms with E-state index >= 15 is 0 Å². The third-order valence-corrected chi connectivity index (χ3v) is 5.75. The molecule has 0 amide bonds. The standard InChI is InChI=1S/C22H18FN3O3S/c1-28-18-8-3-13(9-16(18)22(27)29-2)11-24-21-20-17(25-12-26-21)10-19(30-20)14-4-6-15(23)7-5-14/h3-10,12H,11H2,1-2H3,(H,24,25,26). The lowest BCUT2D eigenvalue weighted by atomic mass is 10.1. The summed E-state index contributed by atoms with van der Waals surface area (Å²) in [5.74, 6) is 0.416. The van der Waals surface area contributed by atoms with Gasteiger partial charge in [0.1, 0.15) is 29.3 Å². The van der Waals surface area contributed by atoms with Crippen molar-refractivity contribution in [2.24, 2.45) is 0 Å². The number of aromatic nitrogens is 2. The molecule has 0 saturated heterocycles. The first-order valence-electron chi connectivity index (χ1n) is 9.08. The third kappa shape index (κ3) is 3.95. The van der Waals surface area contributed by atoms with Gasteiger partial charge in [-0.1, -0.05) is 18.2 Å². The van der Waals surface area contributed by atoms with E-state index in [1.807, 2.05) is 12.1 Å². The number of benzene rings is 2. The Balaban J connectivity index is 1.60. The molecule has 0 unspecified atom stereocenters. The van der Waals surface area contributed by atoms with Gasteiger partial charge in [0, 0.05) is 11.4 Å². The molecule has 0 aliphatic carbocycles. The largest absolute Gasteiger partial charge is 0.496 e. The molecule has 0 aliphatic rings. The summed E-state index contributed by atoms with van der Waals surface area (Å²) in [7, 11) is 2.84. The summed E-state index contributed by atoms with van der Waals surface area (Å²) >= 11 is 1.53. The molecule has 0 fully saturated rings. The Morgan fingerprint density at radius 3 is 2.63 bits per heavy atom. The van der Waals surface area contributed by atoms with E-state index in [1.54, 1.807) is 24.3 Å². The molecular weight excluding hydrogens is 405 g/mol. The molecule has 152 valence electrons. The topological polar surface area (TPSA) is 73.3 Å². The summed E-state index contributed by atoms with van der Waals surface area (Å²) in [5, 5.41) is 3.31. The van der Waals surface area contributed by atoms with Gasteiger partial charge in [-0.15, -0.1) is 11.3 Å². The number of nitrogens with zero attached hydrogens (tertiary/aromatic N) is 2. The lowest BCUT2D eigenvalue weighted by Gasteiger charge is -2.10. The maximum absolute atomic E-state index is 13.2. The summed E-state index contributed by atoms with van der Waals surface area (Å²) < 4.78 is 24.2. The van der Waals surface area contributed by atoms with Gasteiger partial charge in [0.05, 0.1) is 24.4 Å². The predicted molar refractivity (Wildman–Crippen MR) is 114 cm³/mol. The number of ether oxygens (including phenoxy) is 2. The average Bonchev–Trinajstić information content (AvgIpc) is 3.22. The Morgan fingerprint density at radius 2 is 1.90 bits per heavy atom. The molecular formula is C22H18FN3O3S. The number of carbonyl (C=O) groups excluding carboxylic acids is 1.